The highest BCUT2D eigenvalue weighted by atomic mass is 32.1. The van der Waals surface area contributed by atoms with Crippen molar-refractivity contribution in [2.45, 2.75) is 19.9 Å². The summed E-state index contributed by atoms with van der Waals surface area (Å²) in [5, 5.41) is 3.87. The van der Waals surface area contributed by atoms with E-state index in [1.165, 1.54) is 23.0 Å². The Morgan fingerprint density at radius 2 is 1.70 bits per heavy atom. The van der Waals surface area contributed by atoms with E-state index < -0.39 is 0 Å². The molecule has 0 aliphatic heterocycles. The molecule has 5 nitrogen and oxygen atoms in total. The standard InChI is InChI=1S/C24H21N3O2S/c1-17-23(30-21(25-17)15-18-7-3-2-4-8-18)24(29)26-20-12-10-19(11-13-20)16-27-14-6-5-9-22(27)28/h2-14H,15-16H2,1H3,(H,26,29). The van der Waals surface area contributed by atoms with Gasteiger partial charge in [-0.15, -0.1) is 11.3 Å². The van der Waals surface area contributed by atoms with E-state index in [-0.39, 0.29) is 11.5 Å². The molecule has 4 rings (SSSR count). The Morgan fingerprint density at radius 3 is 2.43 bits per heavy atom. The normalized spacial score (nSPS) is 10.7. The second-order valence-corrected chi connectivity index (χ2v) is 8.09. The molecule has 0 radical (unpaired) electrons. The van der Waals surface area contributed by atoms with E-state index in [4.69, 9.17) is 0 Å². The number of anilines is 1. The van der Waals surface area contributed by atoms with Crippen LogP contribution in [0, 0.1) is 6.92 Å². The van der Waals surface area contributed by atoms with Crippen molar-refractivity contribution >= 4 is 22.9 Å². The Balaban J connectivity index is 1.42. The maximum Gasteiger partial charge on any atom is 0.267 e. The molecule has 0 unspecified atom stereocenters. The zero-order valence-corrected chi connectivity index (χ0v) is 17.4. The van der Waals surface area contributed by atoms with Crippen LogP contribution in [0.3, 0.4) is 0 Å². The molecular weight excluding hydrogens is 394 g/mol. The Hall–Kier alpha value is -3.51. The fourth-order valence-electron chi connectivity index (χ4n) is 3.18. The van der Waals surface area contributed by atoms with Gasteiger partial charge in [0, 0.05) is 24.4 Å². The number of carbonyl (C=O) groups is 1. The van der Waals surface area contributed by atoms with Crippen molar-refractivity contribution in [1.82, 2.24) is 9.55 Å². The van der Waals surface area contributed by atoms with E-state index >= 15 is 0 Å². The third-order valence-corrected chi connectivity index (χ3v) is 5.87. The van der Waals surface area contributed by atoms with E-state index in [1.807, 2.05) is 55.5 Å². The summed E-state index contributed by atoms with van der Waals surface area (Å²) in [6, 6.07) is 22.7. The topological polar surface area (TPSA) is 64.0 Å². The van der Waals surface area contributed by atoms with Crippen molar-refractivity contribution in [2.24, 2.45) is 0 Å². The third kappa shape index (κ3) is 4.72. The first-order valence-corrected chi connectivity index (χ1v) is 10.5. The molecular formula is C24H21N3O2S. The molecule has 2 heterocycles. The molecule has 150 valence electrons. The number of rotatable bonds is 6. The van der Waals surface area contributed by atoms with Crippen LogP contribution in [0.25, 0.3) is 0 Å². The molecule has 0 aliphatic rings. The smallest absolute Gasteiger partial charge is 0.267 e. The molecule has 0 bridgehead atoms. The predicted octanol–water partition coefficient (Wildman–Crippen LogP) is 4.50. The molecule has 0 spiro atoms. The number of hydrogen-bond donors (Lipinski definition) is 1. The molecule has 1 N–H and O–H groups in total. The van der Waals surface area contributed by atoms with Gasteiger partial charge in [0.2, 0.25) is 0 Å². The first kappa shape index (κ1) is 19.8. The molecule has 0 saturated carbocycles. The number of benzene rings is 2. The second kappa shape index (κ2) is 8.88. The fraction of sp³-hybridized carbons (Fsp3) is 0.125. The summed E-state index contributed by atoms with van der Waals surface area (Å²) in [7, 11) is 0. The summed E-state index contributed by atoms with van der Waals surface area (Å²) in [5.74, 6) is -0.156. The molecule has 1 amide bonds. The van der Waals surface area contributed by atoms with Crippen molar-refractivity contribution in [3.8, 4) is 0 Å². The molecule has 6 heteroatoms. The zero-order chi connectivity index (χ0) is 20.9. The molecule has 0 aliphatic carbocycles. The van der Waals surface area contributed by atoms with Crippen LogP contribution in [0.15, 0.2) is 83.8 Å². The van der Waals surface area contributed by atoms with E-state index in [0.29, 0.717) is 23.5 Å². The highest BCUT2D eigenvalue weighted by Crippen LogP contribution is 2.22. The SMILES string of the molecule is Cc1nc(Cc2ccccc2)sc1C(=O)Nc1ccc(Cn2ccccc2=O)cc1. The summed E-state index contributed by atoms with van der Waals surface area (Å²) < 4.78 is 1.64. The zero-order valence-electron chi connectivity index (χ0n) is 16.5. The lowest BCUT2D eigenvalue weighted by molar-refractivity contribution is 0.103. The molecule has 4 aromatic rings. The molecule has 0 fully saturated rings. The Bertz CT molecular complexity index is 1210. The minimum atomic E-state index is -0.156. The van der Waals surface area contributed by atoms with Crippen molar-refractivity contribution < 1.29 is 4.79 Å². The van der Waals surface area contributed by atoms with Gasteiger partial charge in [0.25, 0.3) is 11.5 Å². The van der Waals surface area contributed by atoms with Gasteiger partial charge in [0.05, 0.1) is 17.2 Å². The minimum Gasteiger partial charge on any atom is -0.321 e. The lowest BCUT2D eigenvalue weighted by Gasteiger charge is -2.07. The quantitative estimate of drug-likeness (QED) is 0.504. The summed E-state index contributed by atoms with van der Waals surface area (Å²) in [5.41, 5.74) is 3.57. The minimum absolute atomic E-state index is 0.0399. The maximum absolute atomic E-state index is 12.7. The van der Waals surface area contributed by atoms with Crippen LogP contribution < -0.4 is 10.9 Å². The van der Waals surface area contributed by atoms with Gasteiger partial charge in [-0.1, -0.05) is 48.5 Å². The van der Waals surface area contributed by atoms with Crippen molar-refractivity contribution in [2.75, 3.05) is 5.32 Å². The highest BCUT2D eigenvalue weighted by Gasteiger charge is 2.16. The number of hydrogen-bond acceptors (Lipinski definition) is 4. The number of carbonyl (C=O) groups excluding carboxylic acids is 1. The van der Waals surface area contributed by atoms with Crippen LogP contribution in [-0.2, 0) is 13.0 Å². The lowest BCUT2D eigenvalue weighted by atomic mass is 10.2. The number of aryl methyl sites for hydroxylation is 1. The maximum atomic E-state index is 12.7. The predicted molar refractivity (Wildman–Crippen MR) is 120 cm³/mol. The van der Waals surface area contributed by atoms with Gasteiger partial charge in [-0.3, -0.25) is 9.59 Å². The van der Waals surface area contributed by atoms with Gasteiger partial charge in [-0.2, -0.15) is 0 Å². The number of amides is 1. The molecule has 0 atom stereocenters. The van der Waals surface area contributed by atoms with E-state index in [9.17, 15) is 9.59 Å². The van der Waals surface area contributed by atoms with Crippen LogP contribution in [-0.4, -0.2) is 15.5 Å². The number of nitrogens with zero attached hydrogens (tertiary/aromatic N) is 2. The van der Waals surface area contributed by atoms with E-state index in [1.54, 1.807) is 16.8 Å². The summed E-state index contributed by atoms with van der Waals surface area (Å²) in [6.45, 7) is 2.35. The van der Waals surface area contributed by atoms with Crippen LogP contribution in [0.2, 0.25) is 0 Å². The van der Waals surface area contributed by atoms with Crippen LogP contribution in [0.4, 0.5) is 5.69 Å². The first-order chi connectivity index (χ1) is 14.6. The van der Waals surface area contributed by atoms with Gasteiger partial charge in [-0.05, 0) is 36.2 Å². The molecule has 2 aromatic carbocycles. The molecule has 2 aromatic heterocycles. The second-order valence-electron chi connectivity index (χ2n) is 7.00. The number of nitrogens with one attached hydrogen (secondary N) is 1. The number of thiazole rings is 1. The fourth-order valence-corrected chi connectivity index (χ4v) is 4.17. The third-order valence-electron chi connectivity index (χ3n) is 4.71. The summed E-state index contributed by atoms with van der Waals surface area (Å²) in [6.07, 6.45) is 2.48. The van der Waals surface area contributed by atoms with E-state index in [0.717, 1.165) is 16.3 Å². The first-order valence-electron chi connectivity index (χ1n) is 9.64. The molecule has 30 heavy (non-hydrogen) atoms. The monoisotopic (exact) mass is 415 g/mol. The Labute approximate surface area is 178 Å². The van der Waals surface area contributed by atoms with Gasteiger partial charge >= 0.3 is 0 Å². The Kier molecular flexibility index (Phi) is 5.86. The average Bonchev–Trinajstić information content (AvgIpc) is 3.12. The van der Waals surface area contributed by atoms with Crippen LogP contribution in [0.1, 0.15) is 31.5 Å². The largest absolute Gasteiger partial charge is 0.321 e. The van der Waals surface area contributed by atoms with Crippen LogP contribution >= 0.6 is 11.3 Å². The highest BCUT2D eigenvalue weighted by molar-refractivity contribution is 7.14. The van der Waals surface area contributed by atoms with Crippen molar-refractivity contribution in [3.63, 3.8) is 0 Å². The van der Waals surface area contributed by atoms with Crippen molar-refractivity contribution in [1.29, 1.82) is 0 Å². The van der Waals surface area contributed by atoms with Gasteiger partial charge < -0.3 is 9.88 Å². The number of pyridine rings is 1. The van der Waals surface area contributed by atoms with Gasteiger partial charge in [0.15, 0.2) is 0 Å². The summed E-state index contributed by atoms with van der Waals surface area (Å²) >= 11 is 1.43. The average molecular weight is 416 g/mol. The number of aromatic nitrogens is 2. The summed E-state index contributed by atoms with van der Waals surface area (Å²) in [4.78, 5) is 29.8. The van der Waals surface area contributed by atoms with Gasteiger partial charge in [-0.25, -0.2) is 4.98 Å². The molecule has 0 saturated heterocycles. The van der Waals surface area contributed by atoms with Crippen molar-refractivity contribution in [3.05, 3.63) is 116 Å². The Morgan fingerprint density at radius 1 is 0.967 bits per heavy atom. The lowest BCUT2D eigenvalue weighted by Crippen LogP contribution is -2.18. The van der Waals surface area contributed by atoms with Gasteiger partial charge in [0.1, 0.15) is 4.88 Å². The van der Waals surface area contributed by atoms with E-state index in [2.05, 4.69) is 22.4 Å². The van der Waals surface area contributed by atoms with Crippen LogP contribution in [0.5, 0.6) is 0 Å².